The van der Waals surface area contributed by atoms with Gasteiger partial charge in [-0.1, -0.05) is 6.07 Å². The highest BCUT2D eigenvalue weighted by atomic mass is 16.5. The van der Waals surface area contributed by atoms with Crippen molar-refractivity contribution >= 4 is 34.8 Å². The number of carbonyl (C=O) groups is 1. The summed E-state index contributed by atoms with van der Waals surface area (Å²) in [5.74, 6) is 0.580. The molecule has 0 unspecified atom stereocenters. The van der Waals surface area contributed by atoms with E-state index in [0.717, 1.165) is 5.56 Å². The number of nitrogens with one attached hydrogen (secondary N) is 1. The molecule has 6 heterocycles. The summed E-state index contributed by atoms with van der Waals surface area (Å²) in [4.78, 5) is 31.6. The molecule has 0 aliphatic carbocycles. The first-order chi connectivity index (χ1) is 18.0. The van der Waals surface area contributed by atoms with Crippen molar-refractivity contribution in [3.05, 3.63) is 42.2 Å². The van der Waals surface area contributed by atoms with Gasteiger partial charge in [-0.25, -0.2) is 9.97 Å². The molecule has 0 radical (unpaired) electrons. The lowest BCUT2D eigenvalue weighted by Crippen LogP contribution is -2.37. The minimum Gasteiger partial charge on any atom is -0.422 e. The molecule has 0 aromatic carbocycles. The van der Waals surface area contributed by atoms with E-state index in [0.29, 0.717) is 92.4 Å². The summed E-state index contributed by atoms with van der Waals surface area (Å²) < 4.78 is 13.2. The first kappa shape index (κ1) is 23.4. The van der Waals surface area contributed by atoms with Crippen LogP contribution in [0.3, 0.4) is 0 Å². The molecule has 4 aromatic heterocycles. The molecule has 4 aromatic rings. The Morgan fingerprint density at radius 3 is 2.65 bits per heavy atom. The van der Waals surface area contributed by atoms with Crippen molar-refractivity contribution in [2.75, 3.05) is 54.5 Å². The van der Waals surface area contributed by atoms with Gasteiger partial charge in [0.15, 0.2) is 5.58 Å². The Labute approximate surface area is 212 Å². The third kappa shape index (κ3) is 4.85. The number of hydrogen-bond donors (Lipinski definition) is 2. The van der Waals surface area contributed by atoms with E-state index in [2.05, 4.69) is 20.4 Å². The Bertz CT molecular complexity index is 1420. The van der Waals surface area contributed by atoms with Gasteiger partial charge in [-0.15, -0.1) is 0 Å². The van der Waals surface area contributed by atoms with Crippen molar-refractivity contribution in [3.8, 4) is 11.3 Å². The zero-order valence-electron chi connectivity index (χ0n) is 20.5. The third-order valence-corrected chi connectivity index (χ3v) is 6.63. The molecule has 1 amide bonds. The van der Waals surface area contributed by atoms with Crippen LogP contribution in [0, 0.1) is 0 Å². The van der Waals surface area contributed by atoms with Gasteiger partial charge in [0.05, 0.1) is 36.8 Å². The third-order valence-electron chi connectivity index (χ3n) is 6.63. The highest BCUT2D eigenvalue weighted by Crippen LogP contribution is 2.30. The summed E-state index contributed by atoms with van der Waals surface area (Å²) in [6, 6.07) is 7.61. The molecular weight excluding hydrogens is 476 g/mol. The number of piperidine rings is 1. The molecule has 0 atom stereocenters. The van der Waals surface area contributed by atoms with E-state index < -0.39 is 0 Å². The Hall–Kier alpha value is -4.03. The van der Waals surface area contributed by atoms with Gasteiger partial charge in [-0.3, -0.25) is 9.48 Å². The van der Waals surface area contributed by atoms with E-state index in [1.165, 1.54) is 0 Å². The largest absolute Gasteiger partial charge is 0.422 e. The molecule has 2 aliphatic heterocycles. The van der Waals surface area contributed by atoms with Crippen LogP contribution in [0.5, 0.6) is 0 Å². The van der Waals surface area contributed by atoms with Crippen LogP contribution in [0.2, 0.25) is 0 Å². The zero-order valence-corrected chi connectivity index (χ0v) is 20.5. The fourth-order valence-corrected chi connectivity index (χ4v) is 4.62. The number of aliphatic hydroxyl groups excluding tert-OH is 1. The fraction of sp³-hybridized carbons (Fsp3) is 0.400. The normalized spacial score (nSPS) is 16.9. The molecule has 0 saturated carbocycles. The number of morpholine rings is 1. The summed E-state index contributed by atoms with van der Waals surface area (Å²) in [7, 11) is 1.84. The number of anilines is 3. The fourth-order valence-electron chi connectivity index (χ4n) is 4.62. The number of oxazole rings is 1. The second-order valence-electron chi connectivity index (χ2n) is 9.26. The number of pyridine rings is 2. The predicted octanol–water partition coefficient (Wildman–Crippen LogP) is 2.07. The number of nitrogens with zero attached hydrogens (tertiary/aromatic N) is 7. The lowest BCUT2D eigenvalue weighted by molar-refractivity contribution is 0.102. The maximum atomic E-state index is 13.6. The lowest BCUT2D eigenvalue weighted by Gasteiger charge is -2.31. The Morgan fingerprint density at radius 1 is 1.08 bits per heavy atom. The topological polar surface area (TPSA) is 135 Å². The van der Waals surface area contributed by atoms with Crippen LogP contribution >= 0.6 is 0 Å². The van der Waals surface area contributed by atoms with Crippen LogP contribution in [-0.2, 0) is 11.8 Å². The van der Waals surface area contributed by atoms with E-state index >= 15 is 0 Å². The van der Waals surface area contributed by atoms with E-state index in [4.69, 9.17) is 14.1 Å². The average molecular weight is 505 g/mol. The number of aromatic nitrogens is 5. The molecular formula is C25H28N8O4. The van der Waals surface area contributed by atoms with Crippen molar-refractivity contribution in [3.63, 3.8) is 0 Å². The number of fused-ring (bicyclic) bond motifs is 1. The van der Waals surface area contributed by atoms with E-state index in [-0.39, 0.29) is 12.0 Å². The summed E-state index contributed by atoms with van der Waals surface area (Å²) in [6.07, 6.45) is 4.45. The molecule has 2 fully saturated rings. The zero-order chi connectivity index (χ0) is 25.4. The van der Waals surface area contributed by atoms with Crippen LogP contribution in [0.4, 0.5) is 17.7 Å². The molecule has 0 bridgehead atoms. The first-order valence-corrected chi connectivity index (χ1v) is 12.4. The maximum absolute atomic E-state index is 13.6. The number of aliphatic hydroxyl groups is 1. The summed E-state index contributed by atoms with van der Waals surface area (Å²) in [5, 5.41) is 17.1. The minimum absolute atomic E-state index is 0.350. The molecule has 2 saturated heterocycles. The SMILES string of the molecule is Cn1cc(-c2cccc(NC(=O)c3cc4oc(N5CCOCC5)nc4nc3N3CCC(O)CC3)n2)cn1. The summed E-state index contributed by atoms with van der Waals surface area (Å²) in [6.45, 7) is 3.73. The maximum Gasteiger partial charge on any atom is 0.300 e. The van der Waals surface area contributed by atoms with E-state index in [9.17, 15) is 9.90 Å². The number of rotatable bonds is 5. The smallest absolute Gasteiger partial charge is 0.300 e. The Balaban J connectivity index is 1.34. The predicted molar refractivity (Wildman–Crippen MR) is 137 cm³/mol. The first-order valence-electron chi connectivity index (χ1n) is 12.4. The van der Waals surface area contributed by atoms with Crippen molar-refractivity contribution in [2.45, 2.75) is 18.9 Å². The number of ether oxygens (including phenoxy) is 1. The van der Waals surface area contributed by atoms with Crippen molar-refractivity contribution in [1.29, 1.82) is 0 Å². The number of carbonyl (C=O) groups excluding carboxylic acids is 1. The standard InChI is InChI=1S/C25H28N8O4/c1-31-15-16(14-26-31)19-3-2-4-21(27-19)28-24(35)18-13-20-22(29-23(18)32-7-5-17(34)6-8-32)30-25(37-20)33-9-11-36-12-10-33/h2-4,13-15,17,34H,5-12H2,1H3,(H,27,28,35). The molecule has 12 heteroatoms. The van der Waals surface area contributed by atoms with Crippen LogP contribution in [0.25, 0.3) is 22.5 Å². The Morgan fingerprint density at radius 2 is 1.89 bits per heavy atom. The number of aryl methyl sites for hydroxylation is 1. The molecule has 37 heavy (non-hydrogen) atoms. The molecule has 0 spiro atoms. The summed E-state index contributed by atoms with van der Waals surface area (Å²) in [5.41, 5.74) is 2.80. The average Bonchev–Trinajstić information content (AvgIpc) is 3.55. The van der Waals surface area contributed by atoms with Gasteiger partial charge in [-0.2, -0.15) is 10.1 Å². The van der Waals surface area contributed by atoms with Gasteiger partial charge < -0.3 is 29.4 Å². The van der Waals surface area contributed by atoms with Gasteiger partial charge in [0.2, 0.25) is 5.65 Å². The van der Waals surface area contributed by atoms with Gasteiger partial charge >= 0.3 is 0 Å². The molecule has 6 rings (SSSR count). The van der Waals surface area contributed by atoms with Gasteiger partial charge in [0.25, 0.3) is 11.9 Å². The van der Waals surface area contributed by atoms with Crippen LogP contribution in [0.15, 0.2) is 41.1 Å². The number of amides is 1. The van der Waals surface area contributed by atoms with Crippen LogP contribution in [-0.4, -0.2) is 81.2 Å². The minimum atomic E-state index is -0.351. The van der Waals surface area contributed by atoms with E-state index in [1.807, 2.05) is 35.2 Å². The van der Waals surface area contributed by atoms with Crippen LogP contribution < -0.4 is 15.1 Å². The van der Waals surface area contributed by atoms with Crippen molar-refractivity contribution in [2.24, 2.45) is 7.05 Å². The van der Waals surface area contributed by atoms with Gasteiger partial charge in [0, 0.05) is 51.1 Å². The second-order valence-corrected chi connectivity index (χ2v) is 9.26. The molecule has 2 aliphatic rings. The highest BCUT2D eigenvalue weighted by molar-refractivity contribution is 6.08. The number of hydrogen-bond acceptors (Lipinski definition) is 10. The van der Waals surface area contributed by atoms with E-state index in [1.54, 1.807) is 23.0 Å². The second kappa shape index (κ2) is 9.79. The lowest BCUT2D eigenvalue weighted by atomic mass is 10.1. The monoisotopic (exact) mass is 504 g/mol. The van der Waals surface area contributed by atoms with Crippen molar-refractivity contribution in [1.82, 2.24) is 24.7 Å². The van der Waals surface area contributed by atoms with Crippen LogP contribution in [0.1, 0.15) is 23.2 Å². The highest BCUT2D eigenvalue weighted by Gasteiger charge is 2.27. The quantitative estimate of drug-likeness (QED) is 0.416. The molecule has 2 N–H and O–H groups in total. The molecule has 192 valence electrons. The van der Waals surface area contributed by atoms with Gasteiger partial charge in [-0.05, 0) is 25.0 Å². The Kier molecular flexibility index (Phi) is 6.18. The van der Waals surface area contributed by atoms with Gasteiger partial charge in [0.1, 0.15) is 11.6 Å². The van der Waals surface area contributed by atoms with Crippen molar-refractivity contribution < 1.29 is 19.1 Å². The summed E-state index contributed by atoms with van der Waals surface area (Å²) >= 11 is 0. The molecule has 12 nitrogen and oxygen atoms in total.